The molecule has 0 aliphatic heterocycles. The fourth-order valence-electron chi connectivity index (χ4n) is 3.97. The van der Waals surface area contributed by atoms with Gasteiger partial charge < -0.3 is 53.7 Å². The second kappa shape index (κ2) is 23.9. The average molecular weight is 761 g/mol. The summed E-state index contributed by atoms with van der Waals surface area (Å²) in [6.07, 6.45) is -1.59. The SMILES string of the molecule is Cc1c(/C=C/c2cc(CNC(CO)(CO)C(=O)O)ccc2C(F)(F)F)cccc1-c1ccccc1.NC(CO)(CO)C(=O)O.NC(CO)C(=O)O.[B].[H-].[Na+]. The van der Waals surface area contributed by atoms with Crippen molar-refractivity contribution in [3.63, 3.8) is 0 Å². The van der Waals surface area contributed by atoms with Crippen LogP contribution in [-0.2, 0) is 27.1 Å². The van der Waals surface area contributed by atoms with Gasteiger partial charge in [-0.15, -0.1) is 0 Å². The van der Waals surface area contributed by atoms with Gasteiger partial charge in [0.05, 0.1) is 38.6 Å². The maximum Gasteiger partial charge on any atom is 1.00 e. The minimum absolute atomic E-state index is 0. The Hall–Kier alpha value is -3.66. The Morgan fingerprint density at radius 2 is 1.36 bits per heavy atom. The maximum atomic E-state index is 13.7. The first-order valence-electron chi connectivity index (χ1n) is 14.9. The fourth-order valence-corrected chi connectivity index (χ4v) is 3.97. The zero-order valence-electron chi connectivity index (χ0n) is 30.0. The normalized spacial score (nSPS) is 11.8. The summed E-state index contributed by atoms with van der Waals surface area (Å²) in [5, 5.41) is 71.3. The molecule has 13 N–H and O–H groups in total. The number of aliphatic hydroxyl groups is 5. The van der Waals surface area contributed by atoms with E-state index in [0.717, 1.165) is 28.3 Å². The molecule has 0 saturated carbocycles. The van der Waals surface area contributed by atoms with Gasteiger partial charge in [0.1, 0.15) is 6.04 Å². The molecule has 19 heteroatoms. The van der Waals surface area contributed by atoms with Crippen LogP contribution in [0.3, 0.4) is 0 Å². The predicted octanol–water partition coefficient (Wildman–Crippen LogP) is -2.37. The van der Waals surface area contributed by atoms with Gasteiger partial charge in [-0.3, -0.25) is 19.7 Å². The van der Waals surface area contributed by atoms with Crippen molar-refractivity contribution in [1.82, 2.24) is 5.32 Å². The van der Waals surface area contributed by atoms with Crippen LogP contribution >= 0.6 is 0 Å². The summed E-state index contributed by atoms with van der Waals surface area (Å²) in [7, 11) is 0. The van der Waals surface area contributed by atoms with Gasteiger partial charge in [-0.2, -0.15) is 13.2 Å². The zero-order chi connectivity index (χ0) is 39.0. The van der Waals surface area contributed by atoms with E-state index in [2.05, 4.69) is 5.32 Å². The van der Waals surface area contributed by atoms with Crippen molar-refractivity contribution in [3.05, 3.63) is 94.5 Å². The summed E-state index contributed by atoms with van der Waals surface area (Å²) in [4.78, 5) is 31.1. The van der Waals surface area contributed by atoms with E-state index in [9.17, 15) is 42.9 Å². The van der Waals surface area contributed by atoms with E-state index >= 15 is 0 Å². The van der Waals surface area contributed by atoms with Crippen molar-refractivity contribution in [2.75, 3.05) is 33.0 Å². The number of nitrogens with two attached hydrogens (primary N) is 2. The number of nitrogens with one attached hydrogen (secondary N) is 1. The first-order valence-corrected chi connectivity index (χ1v) is 14.9. The van der Waals surface area contributed by atoms with E-state index in [4.69, 9.17) is 37.0 Å². The van der Waals surface area contributed by atoms with E-state index in [1.807, 2.05) is 55.5 Å². The molecule has 0 aromatic heterocycles. The van der Waals surface area contributed by atoms with E-state index in [-0.39, 0.29) is 51.5 Å². The molecule has 0 fully saturated rings. The molecule has 3 aromatic rings. The molecule has 53 heavy (non-hydrogen) atoms. The van der Waals surface area contributed by atoms with Crippen molar-refractivity contribution in [2.24, 2.45) is 11.5 Å². The van der Waals surface area contributed by atoms with Gasteiger partial charge in [-0.25, -0.2) is 0 Å². The Kier molecular flexibility index (Phi) is 23.2. The summed E-state index contributed by atoms with van der Waals surface area (Å²) in [5.74, 6) is -4.06. The van der Waals surface area contributed by atoms with Crippen LogP contribution in [0, 0.1) is 6.92 Å². The molecule has 3 radical (unpaired) electrons. The van der Waals surface area contributed by atoms with Crippen LogP contribution in [0.15, 0.2) is 66.7 Å². The van der Waals surface area contributed by atoms with Gasteiger partial charge in [0.25, 0.3) is 0 Å². The topological polar surface area (TPSA) is 277 Å². The Balaban J connectivity index is -0.00000115. The Morgan fingerprint density at radius 1 is 0.811 bits per heavy atom. The molecule has 1 unspecified atom stereocenters. The fraction of sp³-hybridized carbons (Fsp3) is 0.324. The maximum absolute atomic E-state index is 13.7. The van der Waals surface area contributed by atoms with Gasteiger partial charge in [-0.05, 0) is 52.4 Å². The van der Waals surface area contributed by atoms with Crippen molar-refractivity contribution < 1.29 is 99.4 Å². The summed E-state index contributed by atoms with van der Waals surface area (Å²) in [6.45, 7) is -2.07. The minimum Gasteiger partial charge on any atom is -1.00 e. The van der Waals surface area contributed by atoms with Gasteiger partial charge in [-0.1, -0.05) is 66.7 Å². The van der Waals surface area contributed by atoms with E-state index in [1.165, 1.54) is 18.2 Å². The molecule has 0 saturated heterocycles. The molecular weight excluding hydrogens is 717 g/mol. The number of hydrogen-bond donors (Lipinski definition) is 11. The number of aliphatic hydroxyl groups excluding tert-OH is 5. The Bertz CT molecular complexity index is 1630. The second-order valence-corrected chi connectivity index (χ2v) is 11.1. The molecule has 0 aliphatic rings. The number of alkyl halides is 3. The molecule has 0 amide bonds. The number of halogens is 3. The molecule has 0 spiro atoms. The molecule has 285 valence electrons. The van der Waals surface area contributed by atoms with Crippen LogP contribution in [-0.4, -0.2) is 117 Å². The second-order valence-electron chi connectivity index (χ2n) is 11.1. The Labute approximate surface area is 328 Å². The number of benzene rings is 3. The number of carbonyl (C=O) groups is 3. The summed E-state index contributed by atoms with van der Waals surface area (Å²) >= 11 is 0. The number of carboxylic acid groups (broad SMARTS) is 3. The van der Waals surface area contributed by atoms with Gasteiger partial charge >= 0.3 is 53.6 Å². The molecule has 3 rings (SSSR count). The summed E-state index contributed by atoms with van der Waals surface area (Å²) in [6, 6.07) is 17.6. The van der Waals surface area contributed by atoms with E-state index in [1.54, 1.807) is 6.08 Å². The Morgan fingerprint density at radius 3 is 1.75 bits per heavy atom. The molecule has 0 aliphatic carbocycles. The zero-order valence-corrected chi connectivity index (χ0v) is 31.0. The molecule has 1 atom stereocenters. The average Bonchev–Trinajstić information content (AvgIpc) is 3.11. The van der Waals surface area contributed by atoms with Gasteiger partial charge in [0.2, 0.25) is 0 Å². The molecule has 3 aromatic carbocycles. The summed E-state index contributed by atoms with van der Waals surface area (Å²) in [5.41, 5.74) is 8.90. The van der Waals surface area contributed by atoms with Gasteiger partial charge in [0, 0.05) is 15.0 Å². The summed E-state index contributed by atoms with van der Waals surface area (Å²) < 4.78 is 41.0. The quantitative estimate of drug-likeness (QED) is 0.0606. The van der Waals surface area contributed by atoms with Crippen LogP contribution in [0.4, 0.5) is 13.2 Å². The third-order valence-electron chi connectivity index (χ3n) is 7.41. The number of carboxylic acids is 3. The van der Waals surface area contributed by atoms with Crippen LogP contribution in [0.2, 0.25) is 0 Å². The first kappa shape index (κ1) is 51.5. The standard InChI is InChI=1S/C27H26F3NO4.C4H9NO4.C3H7NO3.B.Na.H/c1-18-20(8-5-9-23(18)21-6-3-2-4-7-21)11-12-22-14-19(10-13-24(22)27(28,29)30)15-31-26(16-32,17-33)25(34)35;5-4(1-6,2-7)3(8)9;4-2(1-5)3(6)7;;;/h2-14,31-33H,15-17H2,1H3,(H,34,35);6-7H,1-2,5H2,(H,8,9);2,5H,1,4H2,(H,6,7);;;/q;;;;+1;-1/b12-11+;;;;;. The smallest absolute Gasteiger partial charge is 1.00 e. The largest absolute Gasteiger partial charge is 1.00 e. The van der Waals surface area contributed by atoms with Crippen LogP contribution in [0.1, 0.15) is 29.2 Å². The van der Waals surface area contributed by atoms with Crippen molar-refractivity contribution in [2.45, 2.75) is 36.8 Å². The van der Waals surface area contributed by atoms with Crippen LogP contribution in [0.5, 0.6) is 0 Å². The predicted molar refractivity (Wildman–Crippen MR) is 187 cm³/mol. The third-order valence-corrected chi connectivity index (χ3v) is 7.41. The van der Waals surface area contributed by atoms with Crippen molar-refractivity contribution in [3.8, 4) is 11.1 Å². The molecular formula is C34H43BF3N3NaO11. The number of rotatable bonds is 14. The monoisotopic (exact) mass is 760 g/mol. The van der Waals surface area contributed by atoms with Gasteiger partial charge in [0.15, 0.2) is 11.1 Å². The number of hydrogen-bond acceptors (Lipinski definition) is 11. The van der Waals surface area contributed by atoms with Crippen molar-refractivity contribution in [1.29, 1.82) is 0 Å². The number of aliphatic carboxylic acids is 3. The van der Waals surface area contributed by atoms with Crippen molar-refractivity contribution >= 4 is 38.5 Å². The van der Waals surface area contributed by atoms with Crippen LogP contribution in [0.25, 0.3) is 23.3 Å². The minimum atomic E-state index is -4.59. The molecule has 14 nitrogen and oxygen atoms in total. The van der Waals surface area contributed by atoms with Crippen LogP contribution < -0.4 is 46.3 Å². The molecule has 0 heterocycles. The molecule has 0 bridgehead atoms. The first-order chi connectivity index (χ1) is 23.9. The van der Waals surface area contributed by atoms with E-state index in [0.29, 0.717) is 5.56 Å². The third kappa shape index (κ3) is 15.3. The van der Waals surface area contributed by atoms with E-state index < -0.39 is 79.8 Å².